The number of benzene rings is 2. The average Bonchev–Trinajstić information content (AvgIpc) is 2.33. The molecule has 0 radical (unpaired) electrons. The molecule has 0 fully saturated rings. The predicted octanol–water partition coefficient (Wildman–Crippen LogP) is 5.87. The van der Waals surface area contributed by atoms with Crippen molar-refractivity contribution in [3.8, 4) is 11.1 Å². The molecule has 0 spiro atoms. The number of halogens is 7. The molecular weight excluding hydrogens is 326 g/mol. The molecule has 2 aromatic rings. The Morgan fingerprint density at radius 1 is 0.632 bits per heavy atom. The molecule has 2 rings (SSSR count). The van der Waals surface area contributed by atoms with Crippen LogP contribution in [0.25, 0.3) is 11.1 Å². The van der Waals surface area contributed by atoms with E-state index in [1.54, 1.807) is 0 Å². The first-order valence-corrected chi connectivity index (χ1v) is 5.94. The van der Waals surface area contributed by atoms with Crippen LogP contribution in [0, 0.1) is 23.3 Å². The molecule has 0 aliphatic heterocycles. The fourth-order valence-corrected chi connectivity index (χ4v) is 2.25. The van der Waals surface area contributed by atoms with Gasteiger partial charge in [0.2, 0.25) is 0 Å². The Labute approximate surface area is 120 Å². The fourth-order valence-electron chi connectivity index (χ4n) is 1.56. The topological polar surface area (TPSA) is 0 Å². The van der Waals surface area contributed by atoms with E-state index in [9.17, 15) is 17.6 Å². The molecule has 0 aliphatic rings. The van der Waals surface area contributed by atoms with E-state index in [1.165, 1.54) is 6.07 Å². The Kier molecular flexibility index (Phi) is 3.95. The summed E-state index contributed by atoms with van der Waals surface area (Å²) >= 11 is 16.5. The Bertz CT molecular complexity index is 621. The first-order valence-electron chi connectivity index (χ1n) is 4.80. The van der Waals surface area contributed by atoms with Crippen LogP contribution in [0.15, 0.2) is 18.2 Å². The number of hydrogen-bond acceptors (Lipinski definition) is 0. The van der Waals surface area contributed by atoms with Crippen LogP contribution in [-0.4, -0.2) is 0 Å². The van der Waals surface area contributed by atoms with E-state index in [-0.39, 0.29) is 15.6 Å². The van der Waals surface area contributed by atoms with Crippen LogP contribution in [0.1, 0.15) is 0 Å². The summed E-state index contributed by atoms with van der Waals surface area (Å²) in [6.45, 7) is 0. The Hall–Kier alpha value is -0.970. The van der Waals surface area contributed by atoms with Crippen molar-refractivity contribution in [1.82, 2.24) is 0 Å². The number of hydrogen-bond donors (Lipinski definition) is 0. The van der Waals surface area contributed by atoms with Crippen molar-refractivity contribution in [3.05, 3.63) is 56.5 Å². The van der Waals surface area contributed by atoms with Gasteiger partial charge in [0.25, 0.3) is 0 Å². The lowest BCUT2D eigenvalue weighted by molar-refractivity contribution is 0.459. The monoisotopic (exact) mass is 328 g/mol. The van der Waals surface area contributed by atoms with Crippen LogP contribution in [0.2, 0.25) is 15.1 Å². The molecule has 0 atom stereocenters. The van der Waals surface area contributed by atoms with E-state index in [0.717, 1.165) is 12.1 Å². The van der Waals surface area contributed by atoms with Crippen LogP contribution in [0.5, 0.6) is 0 Å². The zero-order chi connectivity index (χ0) is 14.3. The smallest absolute Gasteiger partial charge is 0.181 e. The second-order valence-electron chi connectivity index (χ2n) is 3.60. The molecular formula is C12H3Cl3F4. The maximum atomic E-state index is 13.7. The van der Waals surface area contributed by atoms with Crippen LogP contribution >= 0.6 is 34.8 Å². The third kappa shape index (κ3) is 2.53. The Morgan fingerprint density at radius 2 is 1.05 bits per heavy atom. The van der Waals surface area contributed by atoms with E-state index in [0.29, 0.717) is 0 Å². The molecule has 7 heteroatoms. The van der Waals surface area contributed by atoms with Crippen molar-refractivity contribution in [3.63, 3.8) is 0 Å². The van der Waals surface area contributed by atoms with Crippen LogP contribution in [-0.2, 0) is 0 Å². The van der Waals surface area contributed by atoms with E-state index >= 15 is 0 Å². The normalized spacial score (nSPS) is 10.9. The van der Waals surface area contributed by atoms with Gasteiger partial charge < -0.3 is 0 Å². The molecule has 0 aliphatic carbocycles. The van der Waals surface area contributed by atoms with Gasteiger partial charge in [-0.1, -0.05) is 34.8 Å². The van der Waals surface area contributed by atoms with Gasteiger partial charge in [-0.05, 0) is 23.8 Å². The second-order valence-corrected chi connectivity index (χ2v) is 4.85. The van der Waals surface area contributed by atoms with Crippen molar-refractivity contribution < 1.29 is 17.6 Å². The predicted molar refractivity (Wildman–Crippen MR) is 66.7 cm³/mol. The lowest BCUT2D eigenvalue weighted by Crippen LogP contribution is -2.00. The van der Waals surface area contributed by atoms with E-state index in [4.69, 9.17) is 34.8 Å². The minimum Gasteiger partial charge on any atom is -0.203 e. The SMILES string of the molecule is Fc1c(F)c(-c2cc(Cl)cc(Cl)c2)c(F)c(F)c1Cl. The number of rotatable bonds is 1. The molecule has 0 nitrogen and oxygen atoms in total. The Morgan fingerprint density at radius 3 is 1.47 bits per heavy atom. The van der Waals surface area contributed by atoms with Gasteiger partial charge in [-0.15, -0.1) is 0 Å². The quantitative estimate of drug-likeness (QED) is 0.349. The summed E-state index contributed by atoms with van der Waals surface area (Å²) in [6.07, 6.45) is 0. The standard InChI is InChI=1S/C12H3Cl3F4/c13-5-1-4(2-6(14)3-5)7-9(16)11(18)8(15)12(19)10(7)17/h1-3H. The maximum absolute atomic E-state index is 13.7. The van der Waals surface area contributed by atoms with Crippen molar-refractivity contribution in [1.29, 1.82) is 0 Å². The van der Waals surface area contributed by atoms with E-state index in [2.05, 4.69) is 0 Å². The fraction of sp³-hybridized carbons (Fsp3) is 0. The highest BCUT2D eigenvalue weighted by Gasteiger charge is 2.25. The molecule has 0 unspecified atom stereocenters. The van der Waals surface area contributed by atoms with Gasteiger partial charge in [-0.25, -0.2) is 17.6 Å². The largest absolute Gasteiger partial charge is 0.203 e. The van der Waals surface area contributed by atoms with Gasteiger partial charge in [0, 0.05) is 10.0 Å². The van der Waals surface area contributed by atoms with Crippen LogP contribution in [0.3, 0.4) is 0 Å². The first kappa shape index (κ1) is 14.4. The summed E-state index contributed by atoms with van der Waals surface area (Å²) in [6, 6.07) is 3.56. The van der Waals surface area contributed by atoms with Crippen molar-refractivity contribution in [2.75, 3.05) is 0 Å². The van der Waals surface area contributed by atoms with E-state index in [1.807, 2.05) is 0 Å². The average molecular weight is 330 g/mol. The highest BCUT2D eigenvalue weighted by Crippen LogP contribution is 2.36. The summed E-state index contributed by atoms with van der Waals surface area (Å²) in [5.74, 6) is -6.57. The van der Waals surface area contributed by atoms with Gasteiger partial charge >= 0.3 is 0 Å². The minimum absolute atomic E-state index is 0.0667. The van der Waals surface area contributed by atoms with Crippen molar-refractivity contribution in [2.24, 2.45) is 0 Å². The zero-order valence-electron chi connectivity index (χ0n) is 8.88. The summed E-state index contributed by atoms with van der Waals surface area (Å²) in [5.41, 5.74) is -1.11. The third-order valence-corrected chi connectivity index (χ3v) is 3.13. The lowest BCUT2D eigenvalue weighted by Gasteiger charge is -2.09. The minimum atomic E-state index is -1.67. The summed E-state index contributed by atoms with van der Waals surface area (Å²) in [5, 5.41) is -1.11. The van der Waals surface area contributed by atoms with Gasteiger partial charge in [0.1, 0.15) is 5.02 Å². The molecule has 0 N–H and O–H groups in total. The first-order chi connectivity index (χ1) is 8.82. The van der Waals surface area contributed by atoms with Crippen molar-refractivity contribution >= 4 is 34.8 Å². The molecule has 0 saturated carbocycles. The third-order valence-electron chi connectivity index (χ3n) is 2.36. The molecule has 0 aromatic heterocycles. The zero-order valence-corrected chi connectivity index (χ0v) is 11.1. The summed E-state index contributed by atoms with van der Waals surface area (Å²) < 4.78 is 54.1. The Balaban J connectivity index is 2.82. The molecule has 0 amide bonds. The summed E-state index contributed by atoms with van der Waals surface area (Å²) in [4.78, 5) is 0. The highest BCUT2D eigenvalue weighted by molar-refractivity contribution is 6.35. The molecule has 0 saturated heterocycles. The van der Waals surface area contributed by atoms with Crippen LogP contribution in [0.4, 0.5) is 17.6 Å². The molecule has 0 heterocycles. The second kappa shape index (κ2) is 5.19. The van der Waals surface area contributed by atoms with Gasteiger partial charge in [-0.3, -0.25) is 0 Å². The molecule has 19 heavy (non-hydrogen) atoms. The maximum Gasteiger partial charge on any atom is 0.181 e. The molecule has 100 valence electrons. The van der Waals surface area contributed by atoms with Gasteiger partial charge in [-0.2, -0.15) is 0 Å². The lowest BCUT2D eigenvalue weighted by atomic mass is 10.0. The van der Waals surface area contributed by atoms with Crippen LogP contribution < -0.4 is 0 Å². The highest BCUT2D eigenvalue weighted by atomic mass is 35.5. The molecule has 0 bridgehead atoms. The van der Waals surface area contributed by atoms with E-state index < -0.39 is 33.9 Å². The van der Waals surface area contributed by atoms with Crippen molar-refractivity contribution in [2.45, 2.75) is 0 Å². The molecule has 2 aromatic carbocycles. The summed E-state index contributed by atoms with van der Waals surface area (Å²) in [7, 11) is 0. The van der Waals surface area contributed by atoms with Gasteiger partial charge in [0.05, 0.1) is 5.56 Å². The van der Waals surface area contributed by atoms with Gasteiger partial charge in [0.15, 0.2) is 23.3 Å².